The molecule has 1 unspecified atom stereocenters. The van der Waals surface area contributed by atoms with Crippen LogP contribution in [0.15, 0.2) is 42.5 Å². The molecule has 3 N–H and O–H groups in total. The standard InChI is InChI=1S/C22H21Cl2FN4O2/c23-14-6-7-18-17(9-14)19(24)20(28-18)21(30)29-8-2-3-13(12-29)11-26-22(31)27-16-5-1-4-15(25)10-16/h1,4-7,9-10,13,28H,2-3,8,11-12H2,(H2,26,27,31). The number of urea groups is 1. The zero-order valence-corrected chi connectivity index (χ0v) is 18.1. The number of nitrogens with one attached hydrogen (secondary N) is 3. The van der Waals surface area contributed by atoms with Crippen molar-refractivity contribution in [3.05, 3.63) is 64.0 Å². The van der Waals surface area contributed by atoms with Gasteiger partial charge in [-0.25, -0.2) is 9.18 Å². The Labute approximate surface area is 188 Å². The van der Waals surface area contributed by atoms with E-state index < -0.39 is 11.8 Å². The van der Waals surface area contributed by atoms with E-state index in [2.05, 4.69) is 15.6 Å². The highest BCUT2D eigenvalue weighted by Gasteiger charge is 2.27. The number of hydrogen-bond acceptors (Lipinski definition) is 2. The van der Waals surface area contributed by atoms with Crippen molar-refractivity contribution in [2.75, 3.05) is 25.0 Å². The summed E-state index contributed by atoms with van der Waals surface area (Å²) in [4.78, 5) is 30.0. The number of halogens is 3. The summed E-state index contributed by atoms with van der Waals surface area (Å²) in [5.74, 6) is -0.489. The van der Waals surface area contributed by atoms with Gasteiger partial charge in [0.25, 0.3) is 5.91 Å². The Balaban J connectivity index is 1.36. The summed E-state index contributed by atoms with van der Waals surface area (Å²) < 4.78 is 13.2. The third kappa shape index (κ3) is 4.94. The SMILES string of the molecule is O=C(NCC1CCCN(C(=O)c2[nH]c3ccc(Cl)cc3c2Cl)C1)Nc1cccc(F)c1. The van der Waals surface area contributed by atoms with Crippen LogP contribution in [0.5, 0.6) is 0 Å². The summed E-state index contributed by atoms with van der Waals surface area (Å²) >= 11 is 12.5. The van der Waals surface area contributed by atoms with Crippen LogP contribution < -0.4 is 10.6 Å². The van der Waals surface area contributed by atoms with E-state index in [1.807, 2.05) is 0 Å². The molecule has 3 aromatic rings. The van der Waals surface area contributed by atoms with E-state index >= 15 is 0 Å². The molecule has 2 heterocycles. The first kappa shape index (κ1) is 21.5. The van der Waals surface area contributed by atoms with Crippen LogP contribution in [0.25, 0.3) is 10.9 Å². The molecule has 3 amide bonds. The highest BCUT2D eigenvalue weighted by Crippen LogP contribution is 2.31. The molecule has 1 fully saturated rings. The fraction of sp³-hybridized carbons (Fsp3) is 0.273. The summed E-state index contributed by atoms with van der Waals surface area (Å²) in [6, 6.07) is 10.5. The maximum absolute atomic E-state index is 13.2. The van der Waals surface area contributed by atoms with Gasteiger partial charge in [0.1, 0.15) is 11.5 Å². The van der Waals surface area contributed by atoms with E-state index in [9.17, 15) is 14.0 Å². The molecule has 4 rings (SSSR count). The Morgan fingerprint density at radius 1 is 1.19 bits per heavy atom. The van der Waals surface area contributed by atoms with E-state index in [1.165, 1.54) is 18.2 Å². The average molecular weight is 463 g/mol. The van der Waals surface area contributed by atoms with Crippen molar-refractivity contribution in [3.63, 3.8) is 0 Å². The lowest BCUT2D eigenvalue weighted by molar-refractivity contribution is 0.0670. The normalized spacial score (nSPS) is 16.4. The number of H-pyrrole nitrogens is 1. The number of amides is 3. The highest BCUT2D eigenvalue weighted by atomic mass is 35.5. The van der Waals surface area contributed by atoms with Crippen molar-refractivity contribution in [1.82, 2.24) is 15.2 Å². The Morgan fingerprint density at radius 3 is 2.84 bits per heavy atom. The highest BCUT2D eigenvalue weighted by molar-refractivity contribution is 6.39. The molecule has 1 atom stereocenters. The van der Waals surface area contributed by atoms with Gasteiger partial charge < -0.3 is 20.5 Å². The van der Waals surface area contributed by atoms with E-state index in [-0.39, 0.29) is 11.8 Å². The number of fused-ring (bicyclic) bond motifs is 1. The maximum Gasteiger partial charge on any atom is 0.319 e. The minimum atomic E-state index is -0.419. The number of aromatic nitrogens is 1. The minimum absolute atomic E-state index is 0.105. The van der Waals surface area contributed by atoms with Gasteiger partial charge in [-0.2, -0.15) is 0 Å². The van der Waals surface area contributed by atoms with Crippen molar-refractivity contribution < 1.29 is 14.0 Å². The van der Waals surface area contributed by atoms with Crippen LogP contribution in [0.4, 0.5) is 14.9 Å². The molecule has 162 valence electrons. The summed E-state index contributed by atoms with van der Waals surface area (Å²) in [5, 5.41) is 7.02. The molecule has 9 heteroatoms. The number of likely N-dealkylation sites (tertiary alicyclic amines) is 1. The molecule has 0 bridgehead atoms. The van der Waals surface area contributed by atoms with Gasteiger partial charge in [-0.3, -0.25) is 4.79 Å². The Bertz CT molecular complexity index is 1130. The van der Waals surface area contributed by atoms with E-state index in [4.69, 9.17) is 23.2 Å². The number of hydrogen-bond donors (Lipinski definition) is 3. The van der Waals surface area contributed by atoms with Gasteiger partial charge in [0, 0.05) is 41.2 Å². The minimum Gasteiger partial charge on any atom is -0.349 e. The number of carbonyl (C=O) groups excluding carboxylic acids is 2. The predicted molar refractivity (Wildman–Crippen MR) is 120 cm³/mol. The smallest absolute Gasteiger partial charge is 0.319 e. The van der Waals surface area contributed by atoms with Crippen LogP contribution in [0.3, 0.4) is 0 Å². The van der Waals surface area contributed by atoms with Crippen molar-refractivity contribution >= 4 is 51.7 Å². The Morgan fingerprint density at radius 2 is 2.03 bits per heavy atom. The van der Waals surface area contributed by atoms with Gasteiger partial charge in [0.15, 0.2) is 0 Å². The molecule has 1 aliphatic rings. The lowest BCUT2D eigenvalue weighted by Gasteiger charge is -2.32. The summed E-state index contributed by atoms with van der Waals surface area (Å²) in [5.41, 5.74) is 1.48. The number of rotatable bonds is 4. The van der Waals surface area contributed by atoms with E-state index in [0.29, 0.717) is 46.4 Å². The van der Waals surface area contributed by atoms with Crippen LogP contribution in [-0.2, 0) is 0 Å². The second-order valence-corrected chi connectivity index (χ2v) is 8.42. The van der Waals surface area contributed by atoms with Crippen LogP contribution in [0.2, 0.25) is 10.0 Å². The molecule has 0 aliphatic carbocycles. The van der Waals surface area contributed by atoms with Crippen LogP contribution in [-0.4, -0.2) is 41.5 Å². The largest absolute Gasteiger partial charge is 0.349 e. The van der Waals surface area contributed by atoms with Crippen molar-refractivity contribution in [2.45, 2.75) is 12.8 Å². The molecule has 0 spiro atoms. The molecular formula is C22H21Cl2FN4O2. The van der Waals surface area contributed by atoms with Gasteiger partial charge >= 0.3 is 6.03 Å². The summed E-state index contributed by atoms with van der Waals surface area (Å²) in [7, 11) is 0. The van der Waals surface area contributed by atoms with Gasteiger partial charge in [-0.1, -0.05) is 29.3 Å². The van der Waals surface area contributed by atoms with E-state index in [1.54, 1.807) is 29.2 Å². The van der Waals surface area contributed by atoms with Gasteiger partial charge in [-0.05, 0) is 55.2 Å². The number of benzene rings is 2. The molecule has 2 aromatic carbocycles. The number of aromatic amines is 1. The summed E-state index contributed by atoms with van der Waals surface area (Å²) in [6.07, 6.45) is 1.72. The molecule has 1 aromatic heterocycles. The number of nitrogens with zero attached hydrogens (tertiary/aromatic N) is 1. The van der Waals surface area contributed by atoms with Crippen molar-refractivity contribution in [2.24, 2.45) is 5.92 Å². The van der Waals surface area contributed by atoms with Crippen molar-refractivity contribution in [3.8, 4) is 0 Å². The topological polar surface area (TPSA) is 77.2 Å². The second-order valence-electron chi connectivity index (χ2n) is 7.61. The predicted octanol–water partition coefficient (Wildman–Crippen LogP) is 5.29. The fourth-order valence-corrected chi connectivity index (χ4v) is 4.29. The Kier molecular flexibility index (Phi) is 6.34. The van der Waals surface area contributed by atoms with Crippen LogP contribution in [0.1, 0.15) is 23.3 Å². The fourth-order valence-electron chi connectivity index (χ4n) is 3.83. The molecule has 1 saturated heterocycles. The van der Waals surface area contributed by atoms with Crippen molar-refractivity contribution in [1.29, 1.82) is 0 Å². The average Bonchev–Trinajstić information content (AvgIpc) is 3.08. The van der Waals surface area contributed by atoms with Crippen LogP contribution >= 0.6 is 23.2 Å². The lowest BCUT2D eigenvalue weighted by atomic mass is 9.97. The Hall–Kier alpha value is -2.77. The first-order valence-corrected chi connectivity index (χ1v) is 10.7. The number of carbonyl (C=O) groups is 2. The zero-order chi connectivity index (χ0) is 22.0. The van der Waals surface area contributed by atoms with E-state index in [0.717, 1.165) is 18.4 Å². The first-order valence-electron chi connectivity index (χ1n) is 9.97. The molecule has 0 radical (unpaired) electrons. The molecule has 0 saturated carbocycles. The molecule has 31 heavy (non-hydrogen) atoms. The summed E-state index contributed by atoms with van der Waals surface area (Å²) in [6.45, 7) is 1.53. The third-order valence-corrected chi connectivity index (χ3v) is 5.98. The maximum atomic E-state index is 13.2. The number of piperidine rings is 1. The second kappa shape index (κ2) is 9.16. The number of anilines is 1. The van der Waals surface area contributed by atoms with Crippen LogP contribution in [0, 0.1) is 11.7 Å². The lowest BCUT2D eigenvalue weighted by Crippen LogP contribution is -2.44. The third-order valence-electron chi connectivity index (χ3n) is 5.35. The van der Waals surface area contributed by atoms with Gasteiger partial charge in [-0.15, -0.1) is 0 Å². The molecule has 1 aliphatic heterocycles. The van der Waals surface area contributed by atoms with Gasteiger partial charge in [0.05, 0.1) is 5.02 Å². The first-order chi connectivity index (χ1) is 14.9. The monoisotopic (exact) mass is 462 g/mol. The molecule has 6 nitrogen and oxygen atoms in total. The molecular weight excluding hydrogens is 442 g/mol. The van der Waals surface area contributed by atoms with Gasteiger partial charge in [0.2, 0.25) is 0 Å². The quantitative estimate of drug-likeness (QED) is 0.492. The zero-order valence-electron chi connectivity index (χ0n) is 16.6.